The summed E-state index contributed by atoms with van der Waals surface area (Å²) in [6, 6.07) is 5.51. The Bertz CT molecular complexity index is 450. The van der Waals surface area contributed by atoms with Crippen molar-refractivity contribution in [2.45, 2.75) is 39.0 Å². The summed E-state index contributed by atoms with van der Waals surface area (Å²) in [4.78, 5) is 11.9. The second kappa shape index (κ2) is 4.62. The summed E-state index contributed by atoms with van der Waals surface area (Å²) in [6.45, 7) is 4.15. The minimum Gasteiger partial charge on any atom is -0.299 e. The third-order valence-corrected chi connectivity index (χ3v) is 4.79. The molecule has 1 aromatic rings. The Morgan fingerprint density at radius 1 is 1.29 bits per heavy atom. The van der Waals surface area contributed by atoms with Crippen molar-refractivity contribution in [3.63, 3.8) is 0 Å². The molecule has 0 amide bonds. The molecule has 92 valence electrons. The van der Waals surface area contributed by atoms with Gasteiger partial charge in [-0.1, -0.05) is 37.0 Å². The zero-order valence-corrected chi connectivity index (χ0v) is 11.6. The van der Waals surface area contributed by atoms with Crippen molar-refractivity contribution in [3.8, 4) is 0 Å². The maximum absolute atomic E-state index is 11.9. The molecule has 1 nitrogen and oxygen atoms in total. The number of benzene rings is 1. The average Bonchev–Trinajstić information content (AvgIpc) is 2.31. The fourth-order valence-corrected chi connectivity index (χ4v) is 3.40. The monoisotopic (exact) mass is 270 g/mol. The van der Waals surface area contributed by atoms with Crippen molar-refractivity contribution in [1.82, 2.24) is 0 Å². The van der Waals surface area contributed by atoms with Gasteiger partial charge in [-0.25, -0.2) is 0 Å². The highest BCUT2D eigenvalue weighted by Gasteiger charge is 2.52. The smallest absolute Gasteiger partial charge is 0.140 e. The lowest BCUT2D eigenvalue weighted by Crippen LogP contribution is -2.47. The standard InChI is InChI=1S/C14H16Cl2O/c1-3-14(4-2)11(8-13(14)17)10-7-9(15)5-6-12(10)16/h5-7,11H,3-4,8H2,1-2H3. The van der Waals surface area contributed by atoms with Gasteiger partial charge in [-0.2, -0.15) is 0 Å². The summed E-state index contributed by atoms with van der Waals surface area (Å²) in [5, 5.41) is 1.41. The summed E-state index contributed by atoms with van der Waals surface area (Å²) >= 11 is 12.2. The Morgan fingerprint density at radius 2 is 1.94 bits per heavy atom. The van der Waals surface area contributed by atoms with Crippen LogP contribution in [0.15, 0.2) is 18.2 Å². The van der Waals surface area contributed by atoms with E-state index in [0.29, 0.717) is 17.2 Å². The molecule has 1 aliphatic rings. The van der Waals surface area contributed by atoms with Gasteiger partial charge in [0, 0.05) is 27.8 Å². The van der Waals surface area contributed by atoms with E-state index in [-0.39, 0.29) is 11.3 Å². The van der Waals surface area contributed by atoms with Gasteiger partial charge >= 0.3 is 0 Å². The fraction of sp³-hybridized carbons (Fsp3) is 0.500. The number of hydrogen-bond acceptors (Lipinski definition) is 1. The largest absolute Gasteiger partial charge is 0.299 e. The van der Waals surface area contributed by atoms with E-state index in [1.165, 1.54) is 0 Å². The van der Waals surface area contributed by atoms with Crippen molar-refractivity contribution in [2.75, 3.05) is 0 Å². The molecule has 0 saturated heterocycles. The Kier molecular flexibility index (Phi) is 3.51. The Morgan fingerprint density at radius 3 is 2.47 bits per heavy atom. The molecule has 0 heterocycles. The minimum absolute atomic E-state index is 0.214. The Labute approximate surface area is 112 Å². The molecule has 0 aromatic heterocycles. The number of halogens is 2. The van der Waals surface area contributed by atoms with Gasteiger partial charge in [0.15, 0.2) is 0 Å². The molecule has 17 heavy (non-hydrogen) atoms. The second-order valence-electron chi connectivity index (χ2n) is 4.71. The fourth-order valence-electron chi connectivity index (χ4n) is 2.97. The lowest BCUT2D eigenvalue weighted by molar-refractivity contribution is -0.141. The van der Waals surface area contributed by atoms with Gasteiger partial charge < -0.3 is 0 Å². The Hall–Kier alpha value is -0.530. The minimum atomic E-state index is -0.214. The van der Waals surface area contributed by atoms with E-state index in [0.717, 1.165) is 23.4 Å². The van der Waals surface area contributed by atoms with Gasteiger partial charge in [-0.3, -0.25) is 4.79 Å². The summed E-state index contributed by atoms with van der Waals surface area (Å²) in [6.07, 6.45) is 2.34. The zero-order valence-electron chi connectivity index (χ0n) is 10.1. The first-order valence-corrected chi connectivity index (χ1v) is 6.79. The molecule has 0 radical (unpaired) electrons. The van der Waals surface area contributed by atoms with Crippen molar-refractivity contribution in [3.05, 3.63) is 33.8 Å². The molecule has 0 bridgehead atoms. The molecule has 1 unspecified atom stereocenters. The number of hydrogen-bond donors (Lipinski definition) is 0. The summed E-state index contributed by atoms with van der Waals surface area (Å²) in [5.74, 6) is 0.597. The van der Waals surface area contributed by atoms with Crippen LogP contribution in [0.1, 0.15) is 44.6 Å². The van der Waals surface area contributed by atoms with Crippen LogP contribution >= 0.6 is 23.2 Å². The summed E-state index contributed by atoms with van der Waals surface area (Å²) < 4.78 is 0. The van der Waals surface area contributed by atoms with Crippen LogP contribution in [0.3, 0.4) is 0 Å². The van der Waals surface area contributed by atoms with Gasteiger partial charge in [0.2, 0.25) is 0 Å². The lowest BCUT2D eigenvalue weighted by Gasteiger charge is -2.47. The van der Waals surface area contributed by atoms with E-state index in [1.807, 2.05) is 12.1 Å². The maximum Gasteiger partial charge on any atom is 0.140 e. The molecule has 3 heteroatoms. The predicted molar refractivity (Wildman–Crippen MR) is 71.8 cm³/mol. The molecule has 0 N–H and O–H groups in total. The van der Waals surface area contributed by atoms with Crippen LogP contribution in [0.5, 0.6) is 0 Å². The van der Waals surface area contributed by atoms with Crippen molar-refractivity contribution < 1.29 is 4.79 Å². The van der Waals surface area contributed by atoms with Gasteiger partial charge in [0.05, 0.1) is 0 Å². The molecule has 1 atom stereocenters. The van der Waals surface area contributed by atoms with Crippen LogP contribution in [0.2, 0.25) is 10.0 Å². The molecule has 1 fully saturated rings. The normalized spacial score (nSPS) is 22.4. The summed E-state index contributed by atoms with van der Waals surface area (Å²) in [7, 11) is 0. The number of carbonyl (C=O) groups is 1. The molecule has 2 rings (SSSR count). The highest BCUT2D eigenvalue weighted by atomic mass is 35.5. The number of ketones is 1. The SMILES string of the molecule is CCC1(CC)C(=O)CC1c1cc(Cl)ccc1Cl. The van der Waals surface area contributed by atoms with E-state index in [2.05, 4.69) is 13.8 Å². The molecule has 0 spiro atoms. The predicted octanol–water partition coefficient (Wildman–Crippen LogP) is 4.86. The van der Waals surface area contributed by atoms with Crippen LogP contribution in [-0.4, -0.2) is 5.78 Å². The second-order valence-corrected chi connectivity index (χ2v) is 5.55. The molecular formula is C14H16Cl2O. The average molecular weight is 271 g/mol. The molecule has 1 aromatic carbocycles. The van der Waals surface area contributed by atoms with E-state index < -0.39 is 0 Å². The van der Waals surface area contributed by atoms with Gasteiger partial charge in [-0.05, 0) is 36.6 Å². The first-order chi connectivity index (χ1) is 8.05. The number of carbonyl (C=O) groups excluding carboxylic acids is 1. The third kappa shape index (κ3) is 1.90. The quantitative estimate of drug-likeness (QED) is 0.767. The van der Waals surface area contributed by atoms with E-state index >= 15 is 0 Å². The molecular weight excluding hydrogens is 255 g/mol. The van der Waals surface area contributed by atoms with E-state index in [9.17, 15) is 4.79 Å². The van der Waals surface area contributed by atoms with Crippen molar-refractivity contribution in [1.29, 1.82) is 0 Å². The zero-order chi connectivity index (χ0) is 12.6. The molecule has 1 aliphatic carbocycles. The van der Waals surface area contributed by atoms with Crippen LogP contribution in [-0.2, 0) is 4.79 Å². The topological polar surface area (TPSA) is 17.1 Å². The van der Waals surface area contributed by atoms with E-state index in [1.54, 1.807) is 6.07 Å². The first kappa shape index (κ1) is 12.9. The van der Waals surface area contributed by atoms with Gasteiger partial charge in [0.25, 0.3) is 0 Å². The third-order valence-electron chi connectivity index (χ3n) is 4.21. The van der Waals surface area contributed by atoms with E-state index in [4.69, 9.17) is 23.2 Å². The van der Waals surface area contributed by atoms with Gasteiger partial charge in [0.1, 0.15) is 5.78 Å². The Balaban J connectivity index is 2.41. The van der Waals surface area contributed by atoms with Crippen LogP contribution in [0, 0.1) is 5.41 Å². The highest BCUT2D eigenvalue weighted by molar-refractivity contribution is 6.33. The number of rotatable bonds is 3. The summed E-state index contributed by atoms with van der Waals surface area (Å²) in [5.41, 5.74) is 0.816. The lowest BCUT2D eigenvalue weighted by atomic mass is 9.54. The van der Waals surface area contributed by atoms with Crippen LogP contribution < -0.4 is 0 Å². The van der Waals surface area contributed by atoms with Gasteiger partial charge in [-0.15, -0.1) is 0 Å². The number of Topliss-reactive ketones (excluding diaryl/α,β-unsaturated/α-hetero) is 1. The van der Waals surface area contributed by atoms with Crippen LogP contribution in [0.25, 0.3) is 0 Å². The highest BCUT2D eigenvalue weighted by Crippen LogP contribution is 2.55. The first-order valence-electron chi connectivity index (χ1n) is 6.03. The maximum atomic E-state index is 11.9. The van der Waals surface area contributed by atoms with Crippen molar-refractivity contribution >= 4 is 29.0 Å². The van der Waals surface area contributed by atoms with Crippen LogP contribution in [0.4, 0.5) is 0 Å². The van der Waals surface area contributed by atoms with Crippen molar-refractivity contribution in [2.24, 2.45) is 5.41 Å². The molecule has 1 saturated carbocycles. The molecule has 0 aliphatic heterocycles.